The smallest absolute Gasteiger partial charge is 0.148 e. The number of nitrogens with zero attached hydrogens (tertiary/aromatic N) is 2. The van der Waals surface area contributed by atoms with Gasteiger partial charge in [-0.15, -0.1) is 0 Å². The number of rotatable bonds is 6. The van der Waals surface area contributed by atoms with Crippen molar-refractivity contribution in [1.82, 2.24) is 9.78 Å². The molecule has 5 nitrogen and oxygen atoms in total. The van der Waals surface area contributed by atoms with Gasteiger partial charge in [-0.1, -0.05) is 6.07 Å². The highest BCUT2D eigenvalue weighted by molar-refractivity contribution is 5.43. The van der Waals surface area contributed by atoms with Crippen LogP contribution in [-0.4, -0.2) is 28.6 Å². The fourth-order valence-electron chi connectivity index (χ4n) is 1.95. The second-order valence-electron chi connectivity index (χ2n) is 4.88. The largest absolute Gasteiger partial charge is 0.508 e. The first kappa shape index (κ1) is 14.4. The molecule has 2 aromatic rings. The molecule has 108 valence electrons. The van der Waals surface area contributed by atoms with Crippen LogP contribution in [0, 0.1) is 13.8 Å². The molecular weight excluding hydrogens is 254 g/mol. The van der Waals surface area contributed by atoms with Crippen molar-refractivity contribution in [2.45, 2.75) is 26.9 Å². The Morgan fingerprint density at radius 2 is 2.05 bits per heavy atom. The fraction of sp³-hybridized carbons (Fsp3) is 0.400. The second-order valence-corrected chi connectivity index (χ2v) is 4.88. The number of methoxy groups -OCH3 is 1. The summed E-state index contributed by atoms with van der Waals surface area (Å²) in [5, 5.41) is 17.5. The number of aryl methyl sites for hydroxylation is 2. The van der Waals surface area contributed by atoms with E-state index >= 15 is 0 Å². The van der Waals surface area contributed by atoms with Crippen LogP contribution in [0.15, 0.2) is 24.4 Å². The average Bonchev–Trinajstić information content (AvgIpc) is 2.87. The van der Waals surface area contributed by atoms with Crippen molar-refractivity contribution in [3.8, 4) is 5.75 Å². The summed E-state index contributed by atoms with van der Waals surface area (Å²) >= 11 is 0. The highest BCUT2D eigenvalue weighted by Crippen LogP contribution is 2.22. The molecule has 0 atom stereocenters. The maximum Gasteiger partial charge on any atom is 0.148 e. The normalized spacial score (nSPS) is 10.8. The molecule has 0 radical (unpaired) electrons. The zero-order chi connectivity index (χ0) is 14.5. The van der Waals surface area contributed by atoms with E-state index in [1.165, 1.54) is 5.56 Å². The quantitative estimate of drug-likeness (QED) is 0.850. The molecule has 0 aliphatic carbocycles. The molecule has 0 saturated carbocycles. The van der Waals surface area contributed by atoms with Crippen LogP contribution in [-0.2, 0) is 17.8 Å². The standard InChI is InChI=1S/C15H21N3O2/c1-11-8-13(14(19)9-12(11)2)10-16-15-4-5-18(17-15)6-7-20-3/h4-5,8-9,19H,6-7,10H2,1-3H3,(H,16,17). The Kier molecular flexibility index (Phi) is 4.63. The minimum absolute atomic E-state index is 0.319. The van der Waals surface area contributed by atoms with Crippen molar-refractivity contribution < 1.29 is 9.84 Å². The van der Waals surface area contributed by atoms with Crippen molar-refractivity contribution in [3.05, 3.63) is 41.1 Å². The zero-order valence-corrected chi connectivity index (χ0v) is 12.2. The van der Waals surface area contributed by atoms with Crippen LogP contribution in [0.1, 0.15) is 16.7 Å². The Labute approximate surface area is 119 Å². The monoisotopic (exact) mass is 275 g/mol. The van der Waals surface area contributed by atoms with E-state index in [2.05, 4.69) is 10.4 Å². The fourth-order valence-corrected chi connectivity index (χ4v) is 1.95. The minimum atomic E-state index is 0.319. The van der Waals surface area contributed by atoms with Crippen molar-refractivity contribution in [2.75, 3.05) is 19.0 Å². The molecule has 0 bridgehead atoms. The lowest BCUT2D eigenvalue weighted by Crippen LogP contribution is -2.06. The average molecular weight is 275 g/mol. The molecule has 0 saturated heterocycles. The van der Waals surface area contributed by atoms with Gasteiger partial charge in [-0.2, -0.15) is 5.10 Å². The Hall–Kier alpha value is -2.01. The Morgan fingerprint density at radius 1 is 1.30 bits per heavy atom. The summed E-state index contributed by atoms with van der Waals surface area (Å²) < 4.78 is 6.84. The van der Waals surface area contributed by atoms with E-state index in [0.29, 0.717) is 18.9 Å². The third-order valence-electron chi connectivity index (χ3n) is 3.32. The van der Waals surface area contributed by atoms with Gasteiger partial charge < -0.3 is 15.2 Å². The highest BCUT2D eigenvalue weighted by atomic mass is 16.5. The number of phenolic OH excluding ortho intramolecular Hbond substituents is 1. The van der Waals surface area contributed by atoms with E-state index in [0.717, 1.165) is 23.5 Å². The number of ether oxygens (including phenoxy) is 1. The summed E-state index contributed by atoms with van der Waals surface area (Å²) in [5.41, 5.74) is 3.14. The van der Waals surface area contributed by atoms with Gasteiger partial charge in [0.2, 0.25) is 0 Å². The third kappa shape index (κ3) is 3.51. The molecule has 0 fully saturated rings. The van der Waals surface area contributed by atoms with Crippen LogP contribution < -0.4 is 5.32 Å². The van der Waals surface area contributed by atoms with Gasteiger partial charge in [0.1, 0.15) is 11.6 Å². The molecular formula is C15H21N3O2. The molecule has 1 aromatic heterocycles. The molecule has 2 N–H and O–H groups in total. The first-order valence-corrected chi connectivity index (χ1v) is 6.65. The first-order chi connectivity index (χ1) is 9.60. The number of aromatic nitrogens is 2. The van der Waals surface area contributed by atoms with Gasteiger partial charge in [0.05, 0.1) is 13.2 Å². The lowest BCUT2D eigenvalue weighted by Gasteiger charge is -2.09. The number of phenols is 1. The number of nitrogens with one attached hydrogen (secondary N) is 1. The number of benzene rings is 1. The van der Waals surface area contributed by atoms with Crippen LogP contribution in [0.4, 0.5) is 5.82 Å². The zero-order valence-electron chi connectivity index (χ0n) is 12.2. The molecule has 0 unspecified atom stereocenters. The van der Waals surface area contributed by atoms with Crippen LogP contribution in [0.2, 0.25) is 0 Å². The number of anilines is 1. The van der Waals surface area contributed by atoms with E-state index in [-0.39, 0.29) is 0 Å². The van der Waals surface area contributed by atoms with E-state index < -0.39 is 0 Å². The molecule has 0 amide bonds. The number of hydrogen-bond donors (Lipinski definition) is 2. The van der Waals surface area contributed by atoms with Crippen LogP contribution in [0.5, 0.6) is 5.75 Å². The lowest BCUT2D eigenvalue weighted by molar-refractivity contribution is 0.183. The molecule has 0 spiro atoms. The Bertz CT molecular complexity index is 578. The molecule has 5 heteroatoms. The van der Waals surface area contributed by atoms with Crippen molar-refractivity contribution in [3.63, 3.8) is 0 Å². The van der Waals surface area contributed by atoms with Gasteiger partial charge in [0, 0.05) is 31.5 Å². The van der Waals surface area contributed by atoms with Gasteiger partial charge in [0.25, 0.3) is 0 Å². The molecule has 0 aliphatic heterocycles. The number of hydrogen-bond acceptors (Lipinski definition) is 4. The molecule has 0 aliphatic rings. The summed E-state index contributed by atoms with van der Waals surface area (Å²) in [7, 11) is 1.67. The summed E-state index contributed by atoms with van der Waals surface area (Å²) in [6.07, 6.45) is 1.90. The predicted molar refractivity (Wildman–Crippen MR) is 79.0 cm³/mol. The molecule has 20 heavy (non-hydrogen) atoms. The van der Waals surface area contributed by atoms with Gasteiger partial charge in [-0.05, 0) is 31.0 Å². The summed E-state index contributed by atoms with van der Waals surface area (Å²) in [6, 6.07) is 5.71. The van der Waals surface area contributed by atoms with Crippen LogP contribution in [0.25, 0.3) is 0 Å². The predicted octanol–water partition coefficient (Wildman–Crippen LogP) is 2.46. The van der Waals surface area contributed by atoms with Crippen molar-refractivity contribution in [2.24, 2.45) is 0 Å². The minimum Gasteiger partial charge on any atom is -0.508 e. The van der Waals surface area contributed by atoms with Crippen LogP contribution >= 0.6 is 0 Å². The highest BCUT2D eigenvalue weighted by Gasteiger charge is 2.05. The van der Waals surface area contributed by atoms with E-state index in [9.17, 15) is 5.11 Å². The molecule has 2 rings (SSSR count). The number of aromatic hydroxyl groups is 1. The van der Waals surface area contributed by atoms with Crippen molar-refractivity contribution in [1.29, 1.82) is 0 Å². The maximum atomic E-state index is 9.93. The Morgan fingerprint density at radius 3 is 2.80 bits per heavy atom. The molecule has 1 heterocycles. The summed E-state index contributed by atoms with van der Waals surface area (Å²) in [5.74, 6) is 1.11. The summed E-state index contributed by atoms with van der Waals surface area (Å²) in [6.45, 7) is 5.95. The van der Waals surface area contributed by atoms with E-state index in [1.807, 2.05) is 36.9 Å². The van der Waals surface area contributed by atoms with Gasteiger partial charge in [-0.3, -0.25) is 4.68 Å². The topological polar surface area (TPSA) is 59.3 Å². The van der Waals surface area contributed by atoms with Crippen molar-refractivity contribution >= 4 is 5.82 Å². The second kappa shape index (κ2) is 6.43. The maximum absolute atomic E-state index is 9.93. The molecule has 1 aromatic carbocycles. The van der Waals surface area contributed by atoms with Gasteiger partial charge >= 0.3 is 0 Å². The van der Waals surface area contributed by atoms with Gasteiger partial charge in [0.15, 0.2) is 0 Å². The first-order valence-electron chi connectivity index (χ1n) is 6.65. The van der Waals surface area contributed by atoms with Crippen LogP contribution in [0.3, 0.4) is 0 Å². The summed E-state index contributed by atoms with van der Waals surface area (Å²) in [4.78, 5) is 0. The SMILES string of the molecule is COCCn1ccc(NCc2cc(C)c(C)cc2O)n1. The Balaban J connectivity index is 1.98. The van der Waals surface area contributed by atoms with Gasteiger partial charge in [-0.25, -0.2) is 0 Å². The van der Waals surface area contributed by atoms with E-state index in [4.69, 9.17) is 4.74 Å². The lowest BCUT2D eigenvalue weighted by atomic mass is 10.1. The third-order valence-corrected chi connectivity index (χ3v) is 3.32. The van der Waals surface area contributed by atoms with E-state index in [1.54, 1.807) is 13.2 Å².